The number of likely N-dealkylation sites (tertiary alicyclic amines) is 1. The van der Waals surface area contributed by atoms with Gasteiger partial charge in [0.2, 0.25) is 5.91 Å². The minimum Gasteiger partial charge on any atom is -0.492 e. The molecule has 36 heavy (non-hydrogen) atoms. The molecule has 1 aliphatic rings. The van der Waals surface area contributed by atoms with Crippen LogP contribution in [0.1, 0.15) is 35.7 Å². The van der Waals surface area contributed by atoms with Crippen molar-refractivity contribution in [1.82, 2.24) is 15.2 Å². The Hall–Kier alpha value is -3.10. The normalized spacial score (nSPS) is 15.9. The minimum absolute atomic E-state index is 0.0273. The maximum atomic E-state index is 13.1. The molecule has 1 aromatic heterocycles. The molecule has 190 valence electrons. The highest BCUT2D eigenvalue weighted by Gasteiger charge is 2.31. The molecule has 1 aliphatic heterocycles. The molecule has 0 aliphatic carbocycles. The second-order valence-electron chi connectivity index (χ2n) is 8.74. The minimum atomic E-state index is -4.40. The number of ether oxygens (including phenoxy) is 1. The molecule has 2 aromatic carbocycles. The largest absolute Gasteiger partial charge is 0.492 e. The van der Waals surface area contributed by atoms with Crippen LogP contribution in [0, 0.1) is 5.92 Å². The zero-order valence-electron chi connectivity index (χ0n) is 19.5. The number of aromatic nitrogens is 1. The number of hydrogen-bond donors (Lipinski definition) is 1. The molecule has 0 bridgehead atoms. The first-order valence-corrected chi connectivity index (χ1v) is 12.2. The van der Waals surface area contributed by atoms with E-state index in [1.54, 1.807) is 18.3 Å². The van der Waals surface area contributed by atoms with Gasteiger partial charge in [-0.3, -0.25) is 14.7 Å². The Bertz CT molecular complexity index is 1140. The summed E-state index contributed by atoms with van der Waals surface area (Å²) in [5, 5.41) is 3.78. The van der Waals surface area contributed by atoms with E-state index in [9.17, 15) is 18.0 Å². The van der Waals surface area contributed by atoms with Gasteiger partial charge in [0.1, 0.15) is 12.4 Å². The summed E-state index contributed by atoms with van der Waals surface area (Å²) in [6, 6.07) is 17.5. The fourth-order valence-corrected chi connectivity index (χ4v) is 4.39. The fraction of sp³-hybridized carbons (Fsp3) is 0.333. The first-order chi connectivity index (χ1) is 17.3. The van der Waals surface area contributed by atoms with Crippen LogP contribution in [-0.2, 0) is 11.0 Å². The first-order valence-electron chi connectivity index (χ1n) is 11.8. The standard InChI is InChI=1S/C27H27ClF3N3O2/c28-22-9-7-19(8-10-22)25(24-6-1-2-13-32-24)33-26(35)20-11-14-34(15-12-20)16-17-36-23-5-3-4-21(18-23)27(29,30)31/h1-10,13,18,20,25H,11-12,14-17H2,(H,33,35)/t25-/m1/s1. The van der Waals surface area contributed by atoms with Crippen molar-refractivity contribution in [1.29, 1.82) is 0 Å². The van der Waals surface area contributed by atoms with Crippen LogP contribution in [0.2, 0.25) is 5.02 Å². The van der Waals surface area contributed by atoms with Gasteiger partial charge in [-0.15, -0.1) is 0 Å². The molecule has 1 N–H and O–H groups in total. The van der Waals surface area contributed by atoms with Gasteiger partial charge in [0.15, 0.2) is 0 Å². The van der Waals surface area contributed by atoms with Gasteiger partial charge in [0.05, 0.1) is 17.3 Å². The number of pyridine rings is 1. The molecule has 9 heteroatoms. The topological polar surface area (TPSA) is 54.5 Å². The van der Waals surface area contributed by atoms with Crippen LogP contribution < -0.4 is 10.1 Å². The molecule has 4 rings (SSSR count). The Morgan fingerprint density at radius 2 is 1.83 bits per heavy atom. The lowest BCUT2D eigenvalue weighted by Gasteiger charge is -2.32. The number of carbonyl (C=O) groups is 1. The van der Waals surface area contributed by atoms with E-state index in [4.69, 9.17) is 16.3 Å². The summed E-state index contributed by atoms with van der Waals surface area (Å²) < 4.78 is 44.1. The predicted molar refractivity (Wildman–Crippen MR) is 132 cm³/mol. The monoisotopic (exact) mass is 517 g/mol. The van der Waals surface area contributed by atoms with Crippen molar-refractivity contribution in [3.05, 3.63) is 94.8 Å². The molecule has 0 spiro atoms. The number of amides is 1. The molecule has 1 amide bonds. The van der Waals surface area contributed by atoms with Crippen molar-refractivity contribution >= 4 is 17.5 Å². The molecular weight excluding hydrogens is 491 g/mol. The quantitative estimate of drug-likeness (QED) is 0.413. The van der Waals surface area contributed by atoms with E-state index in [0.717, 1.165) is 23.4 Å². The molecule has 3 aromatic rings. The molecule has 2 heterocycles. The number of piperidine rings is 1. The molecule has 0 radical (unpaired) electrons. The zero-order chi connectivity index (χ0) is 25.5. The summed E-state index contributed by atoms with van der Waals surface area (Å²) in [5.74, 6) is 0.0338. The molecule has 0 saturated carbocycles. The van der Waals surface area contributed by atoms with Crippen LogP contribution in [0.5, 0.6) is 5.75 Å². The van der Waals surface area contributed by atoms with E-state index in [2.05, 4.69) is 15.2 Å². The highest BCUT2D eigenvalue weighted by Crippen LogP contribution is 2.31. The Balaban J connectivity index is 1.28. The van der Waals surface area contributed by atoms with Gasteiger partial charge < -0.3 is 10.1 Å². The summed E-state index contributed by atoms with van der Waals surface area (Å²) >= 11 is 6.04. The van der Waals surface area contributed by atoms with Gasteiger partial charge in [-0.2, -0.15) is 13.2 Å². The van der Waals surface area contributed by atoms with Crippen molar-refractivity contribution in [2.24, 2.45) is 5.92 Å². The van der Waals surface area contributed by atoms with E-state index in [-0.39, 0.29) is 30.2 Å². The maximum Gasteiger partial charge on any atom is 0.416 e. The Morgan fingerprint density at radius 1 is 1.08 bits per heavy atom. The highest BCUT2D eigenvalue weighted by molar-refractivity contribution is 6.30. The third kappa shape index (κ3) is 6.98. The van der Waals surface area contributed by atoms with E-state index >= 15 is 0 Å². The molecule has 1 fully saturated rings. The van der Waals surface area contributed by atoms with Crippen LogP contribution in [0.15, 0.2) is 72.9 Å². The van der Waals surface area contributed by atoms with Gasteiger partial charge >= 0.3 is 6.18 Å². The molecule has 1 saturated heterocycles. The van der Waals surface area contributed by atoms with Gasteiger partial charge in [0.25, 0.3) is 0 Å². The summed E-state index contributed by atoms with van der Waals surface area (Å²) in [4.78, 5) is 19.7. The Labute approximate surface area is 213 Å². The summed E-state index contributed by atoms with van der Waals surface area (Å²) in [5.41, 5.74) is 0.919. The number of alkyl halides is 3. The lowest BCUT2D eigenvalue weighted by Crippen LogP contribution is -2.42. The van der Waals surface area contributed by atoms with Crippen LogP contribution in [0.4, 0.5) is 13.2 Å². The summed E-state index contributed by atoms with van der Waals surface area (Å²) in [7, 11) is 0. The third-order valence-corrected chi connectivity index (χ3v) is 6.52. The van der Waals surface area contributed by atoms with Crippen LogP contribution in [-0.4, -0.2) is 42.0 Å². The van der Waals surface area contributed by atoms with Gasteiger partial charge in [-0.25, -0.2) is 0 Å². The molecule has 5 nitrogen and oxygen atoms in total. The second-order valence-corrected chi connectivity index (χ2v) is 9.17. The first kappa shape index (κ1) is 26.0. The fourth-order valence-electron chi connectivity index (χ4n) is 4.26. The molecular formula is C27H27ClF3N3O2. The average molecular weight is 518 g/mol. The average Bonchev–Trinajstić information content (AvgIpc) is 2.88. The van der Waals surface area contributed by atoms with Crippen molar-refractivity contribution in [2.45, 2.75) is 25.1 Å². The second kappa shape index (κ2) is 11.8. The number of halogens is 4. The smallest absolute Gasteiger partial charge is 0.416 e. The van der Waals surface area contributed by atoms with E-state index in [1.165, 1.54) is 12.1 Å². The summed E-state index contributed by atoms with van der Waals surface area (Å²) in [6.07, 6.45) is -1.33. The van der Waals surface area contributed by atoms with Gasteiger partial charge in [-0.1, -0.05) is 35.9 Å². The highest BCUT2D eigenvalue weighted by atomic mass is 35.5. The van der Waals surface area contributed by atoms with E-state index in [0.29, 0.717) is 37.5 Å². The SMILES string of the molecule is O=C(N[C@H](c1ccc(Cl)cc1)c1ccccn1)C1CCN(CCOc2cccc(C(F)(F)F)c2)CC1. The van der Waals surface area contributed by atoms with Crippen molar-refractivity contribution in [2.75, 3.05) is 26.2 Å². The summed E-state index contributed by atoms with van der Waals surface area (Å²) in [6.45, 7) is 2.26. The zero-order valence-corrected chi connectivity index (χ0v) is 20.3. The number of nitrogens with zero attached hydrogens (tertiary/aromatic N) is 2. The van der Waals surface area contributed by atoms with Crippen molar-refractivity contribution < 1.29 is 22.7 Å². The Kier molecular flexibility index (Phi) is 8.48. The van der Waals surface area contributed by atoms with Gasteiger partial charge in [0, 0.05) is 23.7 Å². The number of carbonyl (C=O) groups excluding carboxylic acids is 1. The number of nitrogens with one attached hydrogen (secondary N) is 1. The molecule has 0 unspecified atom stereocenters. The number of hydrogen-bond acceptors (Lipinski definition) is 4. The maximum absolute atomic E-state index is 13.1. The third-order valence-electron chi connectivity index (χ3n) is 6.27. The van der Waals surface area contributed by atoms with Gasteiger partial charge in [-0.05, 0) is 74.0 Å². The van der Waals surface area contributed by atoms with E-state index < -0.39 is 11.7 Å². The lowest BCUT2D eigenvalue weighted by molar-refractivity contribution is -0.137. The Morgan fingerprint density at radius 3 is 2.50 bits per heavy atom. The van der Waals surface area contributed by atoms with Crippen LogP contribution in [0.25, 0.3) is 0 Å². The van der Waals surface area contributed by atoms with Crippen molar-refractivity contribution in [3.8, 4) is 5.75 Å². The van der Waals surface area contributed by atoms with E-state index in [1.807, 2.05) is 30.3 Å². The predicted octanol–water partition coefficient (Wildman–Crippen LogP) is 5.75. The number of rotatable bonds is 8. The molecule has 1 atom stereocenters. The number of benzene rings is 2. The lowest BCUT2D eigenvalue weighted by atomic mass is 9.94. The van der Waals surface area contributed by atoms with Crippen molar-refractivity contribution in [3.63, 3.8) is 0 Å². The van der Waals surface area contributed by atoms with Crippen LogP contribution in [0.3, 0.4) is 0 Å². The van der Waals surface area contributed by atoms with Crippen LogP contribution >= 0.6 is 11.6 Å².